The van der Waals surface area contributed by atoms with Gasteiger partial charge in [0.25, 0.3) is 0 Å². The fourth-order valence-corrected chi connectivity index (χ4v) is 4.86. The Morgan fingerprint density at radius 1 is 1.14 bits per heavy atom. The molecule has 0 amide bonds. The fourth-order valence-electron chi connectivity index (χ4n) is 3.51. The van der Waals surface area contributed by atoms with Crippen molar-refractivity contribution in [3.63, 3.8) is 0 Å². The molecule has 0 radical (unpaired) electrons. The Kier molecular flexibility index (Phi) is 8.71. The lowest BCUT2D eigenvalue weighted by molar-refractivity contribution is -0.135. The van der Waals surface area contributed by atoms with E-state index in [1.807, 2.05) is 18.2 Å². The van der Waals surface area contributed by atoms with Gasteiger partial charge in [0.1, 0.15) is 0 Å². The second-order valence-electron chi connectivity index (χ2n) is 9.76. The summed E-state index contributed by atoms with van der Waals surface area (Å²) in [6.45, 7) is 15.7. The van der Waals surface area contributed by atoms with Gasteiger partial charge in [-0.05, 0) is 48.9 Å². The summed E-state index contributed by atoms with van der Waals surface area (Å²) in [5.41, 5.74) is 7.28. The molecule has 0 spiro atoms. The Morgan fingerprint density at radius 2 is 1.82 bits per heavy atom. The van der Waals surface area contributed by atoms with E-state index >= 15 is 0 Å². The average Bonchev–Trinajstić information content (AvgIpc) is 2.62. The molecule has 4 nitrogen and oxygen atoms in total. The van der Waals surface area contributed by atoms with Crippen molar-refractivity contribution < 1.29 is 13.9 Å². The highest BCUT2D eigenvalue weighted by molar-refractivity contribution is 6.74. The molecular formula is C23H41NO3Si. The Bertz CT molecular complexity index is 573. The van der Waals surface area contributed by atoms with E-state index in [2.05, 4.69) is 52.9 Å². The fraction of sp³-hybridized carbons (Fsp3) is 0.739. The van der Waals surface area contributed by atoms with Gasteiger partial charge in [0.05, 0.1) is 24.9 Å². The molecule has 1 fully saturated rings. The molecule has 1 heterocycles. The first-order valence-electron chi connectivity index (χ1n) is 10.8. The average molecular weight is 408 g/mol. The second-order valence-corrected chi connectivity index (χ2v) is 14.5. The molecule has 28 heavy (non-hydrogen) atoms. The van der Waals surface area contributed by atoms with E-state index in [0.29, 0.717) is 19.1 Å². The standard InChI is InChI=1S/C23H41NO3Si/c1-18-15-21(27-28(5,6)23(2,3)4)22(16-24)26-20(18)13-10-14-25-17-19-11-8-7-9-12-19/h7-9,11-12,18,20-22H,10,13-17,24H2,1-6H3/t18-,20-,21-,22+/m0/s1. The monoisotopic (exact) mass is 407 g/mol. The van der Waals surface area contributed by atoms with Crippen molar-refractivity contribution in [2.75, 3.05) is 13.2 Å². The van der Waals surface area contributed by atoms with Gasteiger partial charge >= 0.3 is 0 Å². The third-order valence-corrected chi connectivity index (χ3v) is 10.9. The lowest BCUT2D eigenvalue weighted by Gasteiger charge is -2.46. The third-order valence-electron chi connectivity index (χ3n) is 6.38. The van der Waals surface area contributed by atoms with Crippen LogP contribution in [0.15, 0.2) is 30.3 Å². The van der Waals surface area contributed by atoms with E-state index in [1.165, 1.54) is 5.56 Å². The lowest BCUT2D eigenvalue weighted by atomic mass is 9.89. The first-order valence-corrected chi connectivity index (χ1v) is 13.7. The minimum Gasteiger partial charge on any atom is -0.411 e. The summed E-state index contributed by atoms with van der Waals surface area (Å²) in [6, 6.07) is 10.3. The molecule has 160 valence electrons. The summed E-state index contributed by atoms with van der Waals surface area (Å²) < 4.78 is 18.9. The van der Waals surface area contributed by atoms with E-state index in [9.17, 15) is 0 Å². The highest BCUT2D eigenvalue weighted by atomic mass is 28.4. The van der Waals surface area contributed by atoms with Crippen molar-refractivity contribution in [3.8, 4) is 0 Å². The summed E-state index contributed by atoms with van der Waals surface area (Å²) in [6.07, 6.45) is 3.41. The van der Waals surface area contributed by atoms with Gasteiger partial charge < -0.3 is 19.6 Å². The Labute approximate surface area is 173 Å². The van der Waals surface area contributed by atoms with Gasteiger partial charge in [-0.1, -0.05) is 58.0 Å². The van der Waals surface area contributed by atoms with Gasteiger partial charge in [-0.25, -0.2) is 0 Å². The minimum atomic E-state index is -1.83. The highest BCUT2D eigenvalue weighted by Gasteiger charge is 2.43. The van der Waals surface area contributed by atoms with Crippen LogP contribution in [-0.4, -0.2) is 39.8 Å². The quantitative estimate of drug-likeness (QED) is 0.456. The number of hydrogen-bond donors (Lipinski definition) is 1. The first-order chi connectivity index (χ1) is 13.1. The van der Waals surface area contributed by atoms with Gasteiger partial charge in [0, 0.05) is 13.2 Å². The Hall–Kier alpha value is -0.723. The van der Waals surface area contributed by atoms with Crippen LogP contribution < -0.4 is 5.73 Å². The van der Waals surface area contributed by atoms with Gasteiger partial charge in [-0.3, -0.25) is 0 Å². The van der Waals surface area contributed by atoms with Crippen molar-refractivity contribution in [2.24, 2.45) is 11.7 Å². The van der Waals surface area contributed by atoms with Gasteiger partial charge in [-0.15, -0.1) is 0 Å². The van der Waals surface area contributed by atoms with Gasteiger partial charge in [0.2, 0.25) is 0 Å². The van der Waals surface area contributed by atoms with Crippen LogP contribution in [0.4, 0.5) is 0 Å². The lowest BCUT2D eigenvalue weighted by Crippen LogP contribution is -2.54. The second kappa shape index (κ2) is 10.3. The molecule has 4 atom stereocenters. The predicted octanol–water partition coefficient (Wildman–Crippen LogP) is 5.13. The number of ether oxygens (including phenoxy) is 2. The van der Waals surface area contributed by atoms with Crippen molar-refractivity contribution >= 4 is 8.32 Å². The predicted molar refractivity (Wildman–Crippen MR) is 119 cm³/mol. The number of benzene rings is 1. The summed E-state index contributed by atoms with van der Waals surface area (Å²) in [5.74, 6) is 0.478. The molecule has 1 aromatic rings. The van der Waals surface area contributed by atoms with Crippen LogP contribution in [-0.2, 0) is 20.5 Å². The van der Waals surface area contributed by atoms with Crippen LogP contribution in [0.1, 0.15) is 52.5 Å². The van der Waals surface area contributed by atoms with E-state index in [1.54, 1.807) is 0 Å². The van der Waals surface area contributed by atoms with E-state index < -0.39 is 8.32 Å². The molecule has 2 rings (SSSR count). The summed E-state index contributed by atoms with van der Waals surface area (Å²) in [4.78, 5) is 0. The van der Waals surface area contributed by atoms with Gasteiger partial charge in [0.15, 0.2) is 8.32 Å². The van der Waals surface area contributed by atoms with Crippen molar-refractivity contribution in [2.45, 2.75) is 90.0 Å². The molecule has 1 aromatic carbocycles. The van der Waals surface area contributed by atoms with Crippen molar-refractivity contribution in [1.82, 2.24) is 0 Å². The molecular weight excluding hydrogens is 366 g/mol. The zero-order valence-corrected chi connectivity index (χ0v) is 19.7. The molecule has 1 aliphatic rings. The maximum Gasteiger partial charge on any atom is 0.192 e. The van der Waals surface area contributed by atoms with Crippen LogP contribution >= 0.6 is 0 Å². The molecule has 5 heteroatoms. The molecule has 2 N–H and O–H groups in total. The van der Waals surface area contributed by atoms with E-state index in [4.69, 9.17) is 19.6 Å². The smallest absolute Gasteiger partial charge is 0.192 e. The normalized spacial score (nSPS) is 26.4. The number of hydrogen-bond acceptors (Lipinski definition) is 4. The van der Waals surface area contributed by atoms with Crippen LogP contribution in [0.25, 0.3) is 0 Å². The summed E-state index contributed by atoms with van der Waals surface area (Å²) in [5, 5.41) is 0.197. The zero-order valence-electron chi connectivity index (χ0n) is 18.7. The zero-order chi connectivity index (χ0) is 20.8. The summed E-state index contributed by atoms with van der Waals surface area (Å²) >= 11 is 0. The van der Waals surface area contributed by atoms with Crippen LogP contribution in [0.5, 0.6) is 0 Å². The first kappa shape index (κ1) is 23.6. The van der Waals surface area contributed by atoms with Gasteiger partial charge in [-0.2, -0.15) is 0 Å². The Balaban J connectivity index is 1.78. The Morgan fingerprint density at radius 3 is 2.43 bits per heavy atom. The minimum absolute atomic E-state index is 0.000520. The number of nitrogens with two attached hydrogens (primary N) is 1. The van der Waals surface area contributed by atoms with Crippen molar-refractivity contribution in [3.05, 3.63) is 35.9 Å². The third kappa shape index (κ3) is 6.67. The van der Waals surface area contributed by atoms with Crippen LogP contribution in [0.2, 0.25) is 18.1 Å². The van der Waals surface area contributed by atoms with Crippen LogP contribution in [0.3, 0.4) is 0 Å². The summed E-state index contributed by atoms with van der Waals surface area (Å²) in [7, 11) is -1.83. The topological polar surface area (TPSA) is 53.7 Å². The van der Waals surface area contributed by atoms with Crippen LogP contribution in [0, 0.1) is 5.92 Å². The molecule has 0 bridgehead atoms. The molecule has 0 aromatic heterocycles. The molecule has 0 aliphatic carbocycles. The highest BCUT2D eigenvalue weighted by Crippen LogP contribution is 2.40. The number of rotatable bonds is 9. The molecule has 1 aliphatic heterocycles. The van der Waals surface area contributed by atoms with E-state index in [0.717, 1.165) is 25.9 Å². The molecule has 0 unspecified atom stereocenters. The molecule has 0 saturated carbocycles. The van der Waals surface area contributed by atoms with E-state index in [-0.39, 0.29) is 23.4 Å². The maximum absolute atomic E-state index is 6.67. The largest absolute Gasteiger partial charge is 0.411 e. The maximum atomic E-state index is 6.67. The SMILES string of the molecule is C[C@H]1C[C@H](O[Si](C)(C)C(C)(C)C)[C@@H](CN)O[C@H]1CCCOCc1ccccc1. The van der Waals surface area contributed by atoms with Crippen molar-refractivity contribution in [1.29, 1.82) is 0 Å². The molecule has 1 saturated heterocycles.